The minimum absolute atomic E-state index is 0.0543. The average Bonchev–Trinajstić information content (AvgIpc) is 3.06. The van der Waals surface area contributed by atoms with Crippen LogP contribution in [0.15, 0.2) is 66.0 Å². The van der Waals surface area contributed by atoms with Crippen molar-refractivity contribution < 1.29 is 4.79 Å². The number of carbonyl (C=O) groups excluding carboxylic acids is 1. The molecule has 1 amide bonds. The van der Waals surface area contributed by atoms with Gasteiger partial charge in [0, 0.05) is 10.6 Å². The van der Waals surface area contributed by atoms with Crippen LogP contribution < -0.4 is 5.32 Å². The molecular weight excluding hydrogens is 326 g/mol. The summed E-state index contributed by atoms with van der Waals surface area (Å²) >= 11 is 7.37. The molecule has 2 nitrogen and oxygen atoms in total. The lowest BCUT2D eigenvalue weighted by Crippen LogP contribution is -2.26. The van der Waals surface area contributed by atoms with E-state index in [-0.39, 0.29) is 11.9 Å². The van der Waals surface area contributed by atoms with Crippen molar-refractivity contribution in [3.63, 3.8) is 0 Å². The first-order chi connectivity index (χ1) is 11.1. The molecule has 0 fully saturated rings. The Kier molecular flexibility index (Phi) is 4.79. The largest absolute Gasteiger partial charge is 0.345 e. The van der Waals surface area contributed by atoms with Crippen molar-refractivity contribution in [1.29, 1.82) is 0 Å². The lowest BCUT2D eigenvalue weighted by Gasteiger charge is -2.14. The van der Waals surface area contributed by atoms with E-state index in [1.165, 1.54) is 11.3 Å². The van der Waals surface area contributed by atoms with Crippen molar-refractivity contribution in [2.24, 2.45) is 0 Å². The summed E-state index contributed by atoms with van der Waals surface area (Å²) in [7, 11) is 0. The molecule has 2 aromatic carbocycles. The van der Waals surface area contributed by atoms with Crippen LogP contribution >= 0.6 is 22.9 Å². The van der Waals surface area contributed by atoms with Gasteiger partial charge in [0.1, 0.15) is 0 Å². The maximum Gasteiger partial charge on any atom is 0.262 e. The number of halogens is 1. The molecule has 0 radical (unpaired) electrons. The monoisotopic (exact) mass is 341 g/mol. The fraction of sp³-hybridized carbons (Fsp3) is 0.105. The van der Waals surface area contributed by atoms with Crippen molar-refractivity contribution >= 4 is 28.8 Å². The highest BCUT2D eigenvalue weighted by Crippen LogP contribution is 2.28. The van der Waals surface area contributed by atoms with Crippen LogP contribution in [0.25, 0.3) is 11.1 Å². The molecule has 1 aromatic heterocycles. The van der Waals surface area contributed by atoms with E-state index in [2.05, 4.69) is 5.32 Å². The summed E-state index contributed by atoms with van der Waals surface area (Å²) in [6.45, 7) is 1.97. The van der Waals surface area contributed by atoms with Gasteiger partial charge in [0.05, 0.1) is 10.9 Å². The van der Waals surface area contributed by atoms with Crippen LogP contribution in [0.4, 0.5) is 0 Å². The van der Waals surface area contributed by atoms with Crippen LogP contribution in [0.3, 0.4) is 0 Å². The Morgan fingerprint density at radius 2 is 1.74 bits per heavy atom. The fourth-order valence-corrected chi connectivity index (χ4v) is 3.37. The minimum Gasteiger partial charge on any atom is -0.345 e. The van der Waals surface area contributed by atoms with Crippen LogP contribution in [-0.4, -0.2) is 5.91 Å². The van der Waals surface area contributed by atoms with E-state index >= 15 is 0 Å². The van der Waals surface area contributed by atoms with Gasteiger partial charge in [-0.1, -0.05) is 54.1 Å². The summed E-state index contributed by atoms with van der Waals surface area (Å²) in [5, 5.41) is 5.70. The number of thiophene rings is 1. The van der Waals surface area contributed by atoms with Gasteiger partial charge in [-0.2, -0.15) is 0 Å². The molecule has 3 aromatic rings. The third-order valence-electron chi connectivity index (χ3n) is 3.67. The molecule has 0 aliphatic carbocycles. The lowest BCUT2D eigenvalue weighted by atomic mass is 10.1. The van der Waals surface area contributed by atoms with Gasteiger partial charge in [0.2, 0.25) is 0 Å². The zero-order chi connectivity index (χ0) is 16.2. The maximum absolute atomic E-state index is 12.6. The second kappa shape index (κ2) is 6.99. The standard InChI is InChI=1S/C19H16ClNOS/c1-13(14-7-9-16(20)10-8-14)21-19(22)18-17(11-12-23-18)15-5-3-2-4-6-15/h2-13H,1H3,(H,21,22). The van der Waals surface area contributed by atoms with Crippen LogP contribution in [-0.2, 0) is 0 Å². The van der Waals surface area contributed by atoms with Crippen LogP contribution in [0.5, 0.6) is 0 Å². The van der Waals surface area contributed by atoms with Crippen LogP contribution in [0, 0.1) is 0 Å². The smallest absolute Gasteiger partial charge is 0.262 e. The molecule has 0 spiro atoms. The van der Waals surface area contributed by atoms with Crippen LogP contribution in [0.2, 0.25) is 5.02 Å². The number of carbonyl (C=O) groups is 1. The molecule has 1 unspecified atom stereocenters. The van der Waals surface area contributed by atoms with Gasteiger partial charge in [0.15, 0.2) is 0 Å². The molecule has 0 saturated carbocycles. The molecule has 1 N–H and O–H groups in total. The summed E-state index contributed by atoms with van der Waals surface area (Å²) in [6, 6.07) is 19.4. The van der Waals surface area contributed by atoms with E-state index in [4.69, 9.17) is 11.6 Å². The summed E-state index contributed by atoms with van der Waals surface area (Å²) in [5.74, 6) is -0.0543. The van der Waals surface area contributed by atoms with E-state index in [0.29, 0.717) is 5.02 Å². The van der Waals surface area contributed by atoms with Crippen molar-refractivity contribution in [3.05, 3.63) is 81.5 Å². The predicted octanol–water partition coefficient (Wildman–Crippen LogP) is 5.56. The molecular formula is C19H16ClNOS. The lowest BCUT2D eigenvalue weighted by molar-refractivity contribution is 0.0944. The van der Waals surface area contributed by atoms with Gasteiger partial charge in [-0.3, -0.25) is 4.79 Å². The second-order valence-electron chi connectivity index (χ2n) is 5.28. The zero-order valence-electron chi connectivity index (χ0n) is 12.6. The Hall–Kier alpha value is -2.10. The van der Waals surface area contributed by atoms with E-state index in [9.17, 15) is 4.79 Å². The highest BCUT2D eigenvalue weighted by atomic mass is 35.5. The highest BCUT2D eigenvalue weighted by Gasteiger charge is 2.17. The van der Waals surface area contributed by atoms with E-state index < -0.39 is 0 Å². The quantitative estimate of drug-likeness (QED) is 0.661. The first kappa shape index (κ1) is 15.8. The number of benzene rings is 2. The molecule has 4 heteroatoms. The van der Waals surface area contributed by atoms with E-state index in [0.717, 1.165) is 21.6 Å². The number of nitrogens with one attached hydrogen (secondary N) is 1. The number of hydrogen-bond acceptors (Lipinski definition) is 2. The highest BCUT2D eigenvalue weighted by molar-refractivity contribution is 7.12. The molecule has 116 valence electrons. The maximum atomic E-state index is 12.6. The molecule has 3 rings (SSSR count). The normalized spacial score (nSPS) is 11.9. The molecule has 0 bridgehead atoms. The van der Waals surface area contributed by atoms with Gasteiger partial charge < -0.3 is 5.32 Å². The van der Waals surface area contributed by atoms with Gasteiger partial charge in [-0.25, -0.2) is 0 Å². The molecule has 0 saturated heterocycles. The van der Waals surface area contributed by atoms with Crippen molar-refractivity contribution in [2.45, 2.75) is 13.0 Å². The number of amides is 1. The molecule has 0 aliphatic rings. The van der Waals surface area contributed by atoms with E-state index in [1.54, 1.807) is 0 Å². The van der Waals surface area contributed by atoms with Crippen molar-refractivity contribution in [2.75, 3.05) is 0 Å². The van der Waals surface area contributed by atoms with E-state index in [1.807, 2.05) is 73.0 Å². The Labute approximate surface area is 144 Å². The Balaban J connectivity index is 1.79. The average molecular weight is 342 g/mol. The van der Waals surface area contributed by atoms with Gasteiger partial charge in [-0.05, 0) is 41.6 Å². The number of hydrogen-bond donors (Lipinski definition) is 1. The first-order valence-electron chi connectivity index (χ1n) is 7.34. The van der Waals surface area contributed by atoms with Crippen LogP contribution in [0.1, 0.15) is 28.2 Å². The summed E-state index contributed by atoms with van der Waals surface area (Å²) < 4.78 is 0. The molecule has 1 atom stereocenters. The van der Waals surface area contributed by atoms with Gasteiger partial charge in [0.25, 0.3) is 5.91 Å². The third kappa shape index (κ3) is 3.63. The summed E-state index contributed by atoms with van der Waals surface area (Å²) in [5.41, 5.74) is 3.05. The minimum atomic E-state index is -0.0782. The SMILES string of the molecule is CC(NC(=O)c1sccc1-c1ccccc1)c1ccc(Cl)cc1. The molecule has 23 heavy (non-hydrogen) atoms. The van der Waals surface area contributed by atoms with Gasteiger partial charge >= 0.3 is 0 Å². The topological polar surface area (TPSA) is 29.1 Å². The fourth-order valence-electron chi connectivity index (χ4n) is 2.43. The predicted molar refractivity (Wildman–Crippen MR) is 97.1 cm³/mol. The molecule has 0 aliphatic heterocycles. The van der Waals surface area contributed by atoms with Crippen molar-refractivity contribution in [3.8, 4) is 11.1 Å². The second-order valence-corrected chi connectivity index (χ2v) is 6.63. The van der Waals surface area contributed by atoms with Gasteiger partial charge in [-0.15, -0.1) is 11.3 Å². The summed E-state index contributed by atoms with van der Waals surface area (Å²) in [6.07, 6.45) is 0. The summed E-state index contributed by atoms with van der Waals surface area (Å²) in [4.78, 5) is 13.4. The first-order valence-corrected chi connectivity index (χ1v) is 8.60. The van der Waals surface area contributed by atoms with Crippen molar-refractivity contribution in [1.82, 2.24) is 5.32 Å². The number of rotatable bonds is 4. The zero-order valence-corrected chi connectivity index (χ0v) is 14.2. The Morgan fingerprint density at radius 3 is 2.43 bits per heavy atom. The Morgan fingerprint density at radius 1 is 1.04 bits per heavy atom. The molecule has 1 heterocycles. The Bertz CT molecular complexity index is 796. The third-order valence-corrected chi connectivity index (χ3v) is 4.84.